The zero-order chi connectivity index (χ0) is 18.4. The van der Waals surface area contributed by atoms with Gasteiger partial charge in [-0.1, -0.05) is 60.7 Å². The summed E-state index contributed by atoms with van der Waals surface area (Å²) in [6.07, 6.45) is 3.99. The lowest BCUT2D eigenvalue weighted by Crippen LogP contribution is -2.05. The number of carbonyl (C=O) groups is 1. The fourth-order valence-corrected chi connectivity index (χ4v) is 2.66. The minimum absolute atomic E-state index is 0.106. The minimum atomic E-state index is -0.106. The normalized spacial score (nSPS) is 10.7. The van der Waals surface area contributed by atoms with Gasteiger partial charge in [0, 0.05) is 5.56 Å². The number of allylic oxidation sites excluding steroid dienone is 1. The highest BCUT2D eigenvalue weighted by molar-refractivity contribution is 6.11. The van der Waals surface area contributed by atoms with E-state index in [0.29, 0.717) is 28.4 Å². The summed E-state index contributed by atoms with van der Waals surface area (Å²) in [5, 5.41) is 0. The van der Waals surface area contributed by atoms with Crippen LogP contribution < -0.4 is 9.47 Å². The van der Waals surface area contributed by atoms with Crippen LogP contribution >= 0.6 is 0 Å². The summed E-state index contributed by atoms with van der Waals surface area (Å²) >= 11 is 0. The van der Waals surface area contributed by atoms with Crippen LogP contribution in [0.5, 0.6) is 17.2 Å². The van der Waals surface area contributed by atoms with Crippen LogP contribution in [0, 0.1) is 0 Å². The number of hydrogen-bond acceptors (Lipinski definition) is 3. The zero-order valence-electron chi connectivity index (χ0n) is 14.8. The van der Waals surface area contributed by atoms with E-state index in [1.165, 1.54) is 0 Å². The fraction of sp³-hybridized carbons (Fsp3) is 0.0870. The second kappa shape index (κ2) is 8.17. The standard InChI is InChI=1S/C23H20O3/c1-3-8-17-13-15-19(16-14-17)26-23-20(11-7-12-21(23)25-2)22(24)18-9-5-4-6-10-18/h3-16H,1-2H3. The third-order valence-electron chi connectivity index (χ3n) is 3.94. The number of rotatable bonds is 6. The van der Waals surface area contributed by atoms with Crippen molar-refractivity contribution < 1.29 is 14.3 Å². The van der Waals surface area contributed by atoms with Crippen LogP contribution in [0.2, 0.25) is 0 Å². The van der Waals surface area contributed by atoms with Crippen LogP contribution in [0.4, 0.5) is 0 Å². The molecule has 0 atom stereocenters. The number of para-hydroxylation sites is 1. The van der Waals surface area contributed by atoms with E-state index >= 15 is 0 Å². The third kappa shape index (κ3) is 3.83. The second-order valence-electron chi connectivity index (χ2n) is 5.70. The Hall–Kier alpha value is -3.33. The highest BCUT2D eigenvalue weighted by Gasteiger charge is 2.19. The van der Waals surface area contributed by atoms with E-state index in [-0.39, 0.29) is 5.78 Å². The summed E-state index contributed by atoms with van der Waals surface area (Å²) in [7, 11) is 1.56. The van der Waals surface area contributed by atoms with Gasteiger partial charge in [0.1, 0.15) is 5.75 Å². The van der Waals surface area contributed by atoms with E-state index in [0.717, 1.165) is 5.56 Å². The molecule has 0 bridgehead atoms. The lowest BCUT2D eigenvalue weighted by atomic mass is 10.0. The number of carbonyl (C=O) groups excluding carboxylic acids is 1. The summed E-state index contributed by atoms with van der Waals surface area (Å²) in [6, 6.07) is 22.1. The molecule has 0 N–H and O–H groups in total. The molecule has 3 rings (SSSR count). The van der Waals surface area contributed by atoms with Crippen molar-refractivity contribution >= 4 is 11.9 Å². The molecule has 0 fully saturated rings. The number of benzene rings is 3. The number of ketones is 1. The Labute approximate surface area is 153 Å². The van der Waals surface area contributed by atoms with Crippen molar-refractivity contribution in [3.8, 4) is 17.2 Å². The molecule has 0 radical (unpaired) electrons. The van der Waals surface area contributed by atoms with Gasteiger partial charge in [0.2, 0.25) is 0 Å². The smallest absolute Gasteiger partial charge is 0.196 e. The Balaban J connectivity index is 1.98. The van der Waals surface area contributed by atoms with Crippen LogP contribution in [0.1, 0.15) is 28.4 Å². The van der Waals surface area contributed by atoms with Gasteiger partial charge in [-0.15, -0.1) is 0 Å². The number of hydrogen-bond donors (Lipinski definition) is 0. The van der Waals surface area contributed by atoms with E-state index in [4.69, 9.17) is 9.47 Å². The SMILES string of the molecule is CC=Cc1ccc(Oc2c(OC)cccc2C(=O)c2ccccc2)cc1. The monoisotopic (exact) mass is 344 g/mol. The van der Waals surface area contributed by atoms with Gasteiger partial charge in [0.05, 0.1) is 12.7 Å². The molecular weight excluding hydrogens is 324 g/mol. The van der Waals surface area contributed by atoms with Crippen molar-refractivity contribution in [2.24, 2.45) is 0 Å². The van der Waals surface area contributed by atoms with Gasteiger partial charge in [0.25, 0.3) is 0 Å². The average Bonchev–Trinajstić information content (AvgIpc) is 2.70. The molecule has 130 valence electrons. The van der Waals surface area contributed by atoms with Gasteiger partial charge in [-0.2, -0.15) is 0 Å². The van der Waals surface area contributed by atoms with Gasteiger partial charge in [0.15, 0.2) is 17.3 Å². The minimum Gasteiger partial charge on any atom is -0.493 e. The van der Waals surface area contributed by atoms with E-state index in [9.17, 15) is 4.79 Å². The molecule has 3 aromatic rings. The van der Waals surface area contributed by atoms with Gasteiger partial charge in [-0.05, 0) is 36.8 Å². The van der Waals surface area contributed by atoms with Crippen LogP contribution in [0.3, 0.4) is 0 Å². The molecule has 0 aliphatic heterocycles. The van der Waals surface area contributed by atoms with E-state index in [1.54, 1.807) is 37.4 Å². The zero-order valence-corrected chi connectivity index (χ0v) is 14.8. The summed E-state index contributed by atoms with van der Waals surface area (Å²) in [6.45, 7) is 1.97. The predicted molar refractivity (Wildman–Crippen MR) is 104 cm³/mol. The van der Waals surface area contributed by atoms with Crippen LogP contribution in [0.15, 0.2) is 78.9 Å². The van der Waals surface area contributed by atoms with Gasteiger partial charge in [-0.25, -0.2) is 0 Å². The van der Waals surface area contributed by atoms with Crippen molar-refractivity contribution in [2.75, 3.05) is 7.11 Å². The highest BCUT2D eigenvalue weighted by atomic mass is 16.5. The van der Waals surface area contributed by atoms with Crippen LogP contribution in [-0.2, 0) is 0 Å². The molecule has 0 aliphatic rings. The summed E-state index contributed by atoms with van der Waals surface area (Å²) in [5.41, 5.74) is 2.16. The van der Waals surface area contributed by atoms with Crippen LogP contribution in [-0.4, -0.2) is 12.9 Å². The first-order chi connectivity index (χ1) is 12.7. The summed E-state index contributed by atoms with van der Waals surface area (Å²) in [4.78, 5) is 12.9. The largest absolute Gasteiger partial charge is 0.493 e. The quantitative estimate of drug-likeness (QED) is 0.534. The Kier molecular flexibility index (Phi) is 5.49. The Morgan fingerprint density at radius 1 is 0.885 bits per heavy atom. The molecular formula is C23H20O3. The fourth-order valence-electron chi connectivity index (χ4n) is 2.66. The lowest BCUT2D eigenvalue weighted by Gasteiger charge is -2.14. The highest BCUT2D eigenvalue weighted by Crippen LogP contribution is 2.36. The maximum Gasteiger partial charge on any atom is 0.196 e. The molecule has 0 aromatic heterocycles. The van der Waals surface area contributed by atoms with Gasteiger partial charge < -0.3 is 9.47 Å². The molecule has 0 aliphatic carbocycles. The Morgan fingerprint density at radius 2 is 1.62 bits per heavy atom. The molecule has 3 heteroatoms. The van der Waals surface area contributed by atoms with E-state index in [1.807, 2.05) is 61.5 Å². The predicted octanol–water partition coefficient (Wildman–Crippen LogP) is 5.75. The van der Waals surface area contributed by atoms with Crippen molar-refractivity contribution in [2.45, 2.75) is 6.92 Å². The molecule has 0 unspecified atom stereocenters. The maximum atomic E-state index is 12.9. The van der Waals surface area contributed by atoms with Crippen molar-refractivity contribution in [3.05, 3.63) is 95.6 Å². The van der Waals surface area contributed by atoms with E-state index < -0.39 is 0 Å². The first-order valence-electron chi connectivity index (χ1n) is 8.40. The Morgan fingerprint density at radius 3 is 2.27 bits per heavy atom. The average molecular weight is 344 g/mol. The molecule has 0 spiro atoms. The van der Waals surface area contributed by atoms with Gasteiger partial charge in [-0.3, -0.25) is 4.79 Å². The molecule has 0 saturated carbocycles. The molecule has 3 aromatic carbocycles. The topological polar surface area (TPSA) is 35.5 Å². The molecule has 0 heterocycles. The third-order valence-corrected chi connectivity index (χ3v) is 3.94. The van der Waals surface area contributed by atoms with Crippen molar-refractivity contribution in [3.63, 3.8) is 0 Å². The first kappa shape index (κ1) is 17.5. The number of methoxy groups -OCH3 is 1. The molecule has 26 heavy (non-hydrogen) atoms. The number of ether oxygens (including phenoxy) is 2. The summed E-state index contributed by atoms with van der Waals surface area (Å²) < 4.78 is 11.5. The Bertz CT molecular complexity index is 910. The lowest BCUT2D eigenvalue weighted by molar-refractivity contribution is 0.103. The molecule has 0 saturated heterocycles. The van der Waals surface area contributed by atoms with Crippen molar-refractivity contribution in [1.82, 2.24) is 0 Å². The second-order valence-corrected chi connectivity index (χ2v) is 5.70. The molecule has 0 amide bonds. The molecule has 3 nitrogen and oxygen atoms in total. The van der Waals surface area contributed by atoms with Gasteiger partial charge >= 0.3 is 0 Å². The first-order valence-corrected chi connectivity index (χ1v) is 8.40. The van der Waals surface area contributed by atoms with Crippen molar-refractivity contribution in [1.29, 1.82) is 0 Å². The maximum absolute atomic E-state index is 12.9. The van der Waals surface area contributed by atoms with Crippen LogP contribution in [0.25, 0.3) is 6.08 Å². The van der Waals surface area contributed by atoms with E-state index in [2.05, 4.69) is 0 Å². The summed E-state index contributed by atoms with van der Waals surface area (Å²) in [5.74, 6) is 1.47.